The van der Waals surface area contributed by atoms with E-state index in [1.165, 1.54) is 0 Å². The van der Waals surface area contributed by atoms with Crippen LogP contribution < -0.4 is 0 Å². The van der Waals surface area contributed by atoms with Crippen LogP contribution in [0.2, 0.25) is 0 Å². The average Bonchev–Trinajstić information content (AvgIpc) is 3.67. The Balaban J connectivity index is 1.51. The van der Waals surface area contributed by atoms with Gasteiger partial charge in [0, 0.05) is 33.4 Å². The number of furan rings is 1. The van der Waals surface area contributed by atoms with Crippen molar-refractivity contribution in [3.05, 3.63) is 202 Å². The normalized spacial score (nSPS) is 15.3. The van der Waals surface area contributed by atoms with Gasteiger partial charge >= 0.3 is 0 Å². The summed E-state index contributed by atoms with van der Waals surface area (Å²) < 4.78 is 7.19. The molecule has 0 saturated carbocycles. The summed E-state index contributed by atoms with van der Waals surface area (Å²) in [5.41, 5.74) is 11.7. The summed E-state index contributed by atoms with van der Waals surface area (Å²) in [5, 5.41) is 0. The Kier molecular flexibility index (Phi) is 11.4. The summed E-state index contributed by atoms with van der Waals surface area (Å²) in [4.78, 5) is 28.4. The van der Waals surface area contributed by atoms with Gasteiger partial charge in [0.15, 0.2) is 11.6 Å². The maximum atomic E-state index is 14.2. The highest BCUT2D eigenvalue weighted by Crippen LogP contribution is 2.45. The summed E-state index contributed by atoms with van der Waals surface area (Å²) in [6, 6.07) is 42.1. The van der Waals surface area contributed by atoms with E-state index < -0.39 is 0 Å². The minimum atomic E-state index is -0.389. The molecule has 0 bridgehead atoms. The van der Waals surface area contributed by atoms with Gasteiger partial charge in [-0.05, 0) is 103 Å². The number of hydrogen-bond acceptors (Lipinski definition) is 3. The maximum absolute atomic E-state index is 14.2. The SMILES string of the molecule is CC(C)(C)C1=CC(=C(c2ccc(-c3ccccc3)cc2)c2ccc(C(=C3C=C(C(C)(C)C)C(=O)C(C(C)(C)C)=C3)c3ccc(-c4ccccc4)cc3)o2)C=C(C(C)(C)C)C1=O. The smallest absolute Gasteiger partial charge is 0.186 e. The third-order valence-corrected chi connectivity index (χ3v) is 11.6. The number of rotatable bonds is 6. The molecule has 7 rings (SSSR count). The molecule has 310 valence electrons. The van der Waals surface area contributed by atoms with Crippen LogP contribution in [0.15, 0.2) is 183 Å². The van der Waals surface area contributed by atoms with Crippen LogP contribution in [-0.4, -0.2) is 11.6 Å². The van der Waals surface area contributed by atoms with E-state index in [4.69, 9.17) is 4.42 Å². The van der Waals surface area contributed by atoms with Gasteiger partial charge in [-0.15, -0.1) is 0 Å². The molecule has 3 nitrogen and oxygen atoms in total. The molecule has 1 aromatic heterocycles. The lowest BCUT2D eigenvalue weighted by atomic mass is 9.71. The van der Waals surface area contributed by atoms with E-state index in [-0.39, 0.29) is 33.2 Å². The van der Waals surface area contributed by atoms with Gasteiger partial charge in [0.2, 0.25) is 0 Å². The third kappa shape index (κ3) is 9.03. The summed E-state index contributed by atoms with van der Waals surface area (Å²) in [6.07, 6.45) is 8.30. The fraction of sp³-hybridized carbons (Fsp3) is 0.276. The molecule has 0 atom stereocenters. The predicted molar refractivity (Wildman–Crippen MR) is 255 cm³/mol. The van der Waals surface area contributed by atoms with Gasteiger partial charge in [-0.25, -0.2) is 0 Å². The molecule has 4 aromatic carbocycles. The zero-order chi connectivity index (χ0) is 44.1. The van der Waals surface area contributed by atoms with Gasteiger partial charge in [-0.2, -0.15) is 0 Å². The Morgan fingerprint density at radius 2 is 0.607 bits per heavy atom. The highest BCUT2D eigenvalue weighted by atomic mass is 16.3. The van der Waals surface area contributed by atoms with E-state index in [2.05, 4.69) is 217 Å². The summed E-state index contributed by atoms with van der Waals surface area (Å²) >= 11 is 0. The number of hydrogen-bond donors (Lipinski definition) is 0. The van der Waals surface area contributed by atoms with E-state index in [0.29, 0.717) is 11.5 Å². The van der Waals surface area contributed by atoms with Gasteiger partial charge in [0.05, 0.1) is 0 Å². The van der Waals surface area contributed by atoms with Crippen molar-refractivity contribution in [2.45, 2.75) is 83.1 Å². The largest absolute Gasteiger partial charge is 0.456 e. The minimum absolute atomic E-state index is 0.0864. The first kappa shape index (κ1) is 43.0. The second kappa shape index (κ2) is 16.1. The van der Waals surface area contributed by atoms with Crippen molar-refractivity contribution < 1.29 is 14.0 Å². The molecule has 61 heavy (non-hydrogen) atoms. The van der Waals surface area contributed by atoms with E-state index in [1.807, 2.05) is 12.1 Å². The van der Waals surface area contributed by atoms with E-state index >= 15 is 0 Å². The van der Waals surface area contributed by atoms with Gasteiger partial charge in [0.1, 0.15) is 11.5 Å². The molecular formula is C58H60O3. The molecule has 0 amide bonds. The van der Waals surface area contributed by atoms with Crippen molar-refractivity contribution in [2.24, 2.45) is 21.7 Å². The number of carbonyl (C=O) groups is 2. The molecule has 0 aliphatic heterocycles. The third-order valence-electron chi connectivity index (χ3n) is 11.6. The zero-order valence-electron chi connectivity index (χ0n) is 38.1. The minimum Gasteiger partial charge on any atom is -0.456 e. The summed E-state index contributed by atoms with van der Waals surface area (Å²) in [6.45, 7) is 25.3. The number of benzene rings is 4. The fourth-order valence-corrected chi connectivity index (χ4v) is 8.20. The molecule has 0 fully saturated rings. The van der Waals surface area contributed by atoms with Crippen molar-refractivity contribution in [2.75, 3.05) is 0 Å². The van der Waals surface area contributed by atoms with Crippen molar-refractivity contribution in [1.29, 1.82) is 0 Å². The number of allylic oxidation sites excluding steroid dienone is 10. The number of Topliss-reactive ketones (excluding diaryl/α,β-unsaturated/α-hetero) is 2. The first-order valence-electron chi connectivity index (χ1n) is 21.5. The molecule has 2 aliphatic rings. The van der Waals surface area contributed by atoms with Crippen molar-refractivity contribution in [1.82, 2.24) is 0 Å². The molecule has 1 heterocycles. The lowest BCUT2D eigenvalue weighted by molar-refractivity contribution is -0.114. The molecular weight excluding hydrogens is 745 g/mol. The van der Waals surface area contributed by atoms with Gasteiger partial charge in [0.25, 0.3) is 0 Å². The molecule has 5 aromatic rings. The van der Waals surface area contributed by atoms with Crippen LogP contribution >= 0.6 is 0 Å². The molecule has 2 aliphatic carbocycles. The second-order valence-electron chi connectivity index (χ2n) is 20.6. The van der Waals surface area contributed by atoms with Crippen LogP contribution in [0.25, 0.3) is 33.4 Å². The van der Waals surface area contributed by atoms with Gasteiger partial charge in [-0.1, -0.05) is 192 Å². The Morgan fingerprint density at radius 3 is 0.869 bits per heavy atom. The lowest BCUT2D eigenvalue weighted by Crippen LogP contribution is -2.28. The topological polar surface area (TPSA) is 47.3 Å². The Labute approximate surface area is 364 Å². The van der Waals surface area contributed by atoms with Crippen LogP contribution in [-0.2, 0) is 9.59 Å². The monoisotopic (exact) mass is 804 g/mol. The Morgan fingerprint density at radius 1 is 0.344 bits per heavy atom. The molecule has 0 radical (unpaired) electrons. The highest BCUT2D eigenvalue weighted by Gasteiger charge is 2.37. The highest BCUT2D eigenvalue weighted by molar-refractivity contribution is 6.13. The van der Waals surface area contributed by atoms with Gasteiger partial charge < -0.3 is 4.42 Å². The summed E-state index contributed by atoms with van der Waals surface area (Å²) in [7, 11) is 0. The van der Waals surface area contributed by atoms with Crippen LogP contribution in [0.4, 0.5) is 0 Å². The summed E-state index contributed by atoms with van der Waals surface area (Å²) in [5.74, 6) is 1.55. The first-order chi connectivity index (χ1) is 28.6. The van der Waals surface area contributed by atoms with Crippen LogP contribution in [0.5, 0.6) is 0 Å². The van der Waals surface area contributed by atoms with Crippen molar-refractivity contribution >= 4 is 22.7 Å². The second-order valence-corrected chi connectivity index (χ2v) is 20.6. The maximum Gasteiger partial charge on any atom is 0.186 e. The predicted octanol–water partition coefficient (Wildman–Crippen LogP) is 15.3. The van der Waals surface area contributed by atoms with Crippen molar-refractivity contribution in [3.63, 3.8) is 0 Å². The quantitative estimate of drug-likeness (QED) is 0.172. The van der Waals surface area contributed by atoms with E-state index in [1.54, 1.807) is 0 Å². The molecule has 3 heteroatoms. The molecule has 0 N–H and O–H groups in total. The van der Waals surface area contributed by atoms with Gasteiger partial charge in [-0.3, -0.25) is 9.59 Å². The van der Waals surface area contributed by atoms with Crippen LogP contribution in [0.1, 0.15) is 106 Å². The molecule has 0 saturated heterocycles. The first-order valence-corrected chi connectivity index (χ1v) is 21.5. The molecule has 0 spiro atoms. The lowest BCUT2D eigenvalue weighted by Gasteiger charge is -2.32. The van der Waals surface area contributed by atoms with Crippen LogP contribution in [0.3, 0.4) is 0 Å². The average molecular weight is 805 g/mol. The Hall–Kier alpha value is -6.06. The van der Waals surface area contributed by atoms with Crippen molar-refractivity contribution in [3.8, 4) is 22.3 Å². The van der Waals surface area contributed by atoms with E-state index in [0.717, 1.165) is 78.0 Å². The Bertz CT molecular complexity index is 2410. The fourth-order valence-electron chi connectivity index (χ4n) is 8.20. The van der Waals surface area contributed by atoms with E-state index in [9.17, 15) is 9.59 Å². The molecule has 0 unspecified atom stereocenters. The number of carbonyl (C=O) groups excluding carboxylic acids is 2. The standard InChI is InChI=1S/C58H60O3/c1-55(2,3)45-33-43(34-46(53(45)59)56(4,5)6)51(41-27-23-39(24-28-41)37-19-15-13-16-20-37)49-31-32-50(61-49)52(42-29-25-40(26-30-42)38-21-17-14-18-22-38)44-35-47(57(7,8)9)54(60)48(36-44)58(10,11)12/h13-36H,1-12H3. The number of ketones is 2. The zero-order valence-corrected chi connectivity index (χ0v) is 38.1. The van der Waals surface area contributed by atoms with Crippen LogP contribution in [0, 0.1) is 21.7 Å².